The number of sulfonamides is 2. The quantitative estimate of drug-likeness (QED) is 0.433. The molecule has 0 unspecified atom stereocenters. The van der Waals surface area contributed by atoms with E-state index >= 15 is 0 Å². The Labute approximate surface area is 213 Å². The predicted molar refractivity (Wildman–Crippen MR) is 141 cm³/mol. The van der Waals surface area contributed by atoms with Crippen LogP contribution in [0.25, 0.3) is 0 Å². The Morgan fingerprint density at radius 2 is 1.42 bits per heavy atom. The van der Waals surface area contributed by atoms with Crippen molar-refractivity contribution in [3.05, 3.63) is 89.5 Å². The fourth-order valence-electron chi connectivity index (χ4n) is 3.50. The maximum absolute atomic E-state index is 13.4. The number of amides is 1. The maximum Gasteiger partial charge on any atom is 0.243 e. The molecule has 3 aromatic carbocycles. The number of anilines is 1. The number of carbonyl (C=O) groups excluding carboxylic acids is 1. The number of aryl methyl sites for hydroxylation is 2. The average molecular weight is 530 g/mol. The van der Waals surface area contributed by atoms with Crippen molar-refractivity contribution in [3.63, 3.8) is 0 Å². The van der Waals surface area contributed by atoms with E-state index in [1.54, 1.807) is 25.1 Å². The van der Waals surface area contributed by atoms with E-state index < -0.39 is 32.5 Å². The van der Waals surface area contributed by atoms with E-state index in [9.17, 15) is 21.6 Å². The lowest BCUT2D eigenvalue weighted by Gasteiger charge is -2.22. The van der Waals surface area contributed by atoms with Crippen LogP contribution in [-0.2, 0) is 31.3 Å². The van der Waals surface area contributed by atoms with Gasteiger partial charge in [-0.15, -0.1) is 0 Å². The second-order valence-electron chi connectivity index (χ2n) is 8.70. The van der Waals surface area contributed by atoms with Gasteiger partial charge in [0.1, 0.15) is 0 Å². The summed E-state index contributed by atoms with van der Waals surface area (Å²) in [6.07, 6.45) is 0.425. The van der Waals surface area contributed by atoms with Crippen LogP contribution in [0.3, 0.4) is 0 Å². The first-order valence-electron chi connectivity index (χ1n) is 11.3. The third-order valence-electron chi connectivity index (χ3n) is 5.73. The van der Waals surface area contributed by atoms with Crippen LogP contribution in [0.1, 0.15) is 16.7 Å². The molecule has 0 aliphatic heterocycles. The van der Waals surface area contributed by atoms with Crippen molar-refractivity contribution < 1.29 is 21.6 Å². The van der Waals surface area contributed by atoms with Gasteiger partial charge in [0.2, 0.25) is 26.0 Å². The Kier molecular flexibility index (Phi) is 8.67. The monoisotopic (exact) mass is 529 g/mol. The van der Waals surface area contributed by atoms with Crippen LogP contribution in [0.15, 0.2) is 82.6 Å². The summed E-state index contributed by atoms with van der Waals surface area (Å²) < 4.78 is 54.2. The standard InChI is InChI=1S/C26H31N3O5S2/c1-20-10-13-23(14-11-20)36(33,34)29(17-16-22-8-6-5-7-9-22)19-26(30)27-25-18-24(15-12-21(25)2)35(31,32)28(3)4/h5-15,18H,16-17,19H2,1-4H3,(H,27,30). The SMILES string of the molecule is Cc1ccc(S(=O)(=O)N(CCc2ccccc2)CC(=O)Nc2cc(S(=O)(=O)N(C)C)ccc2C)cc1. The number of hydrogen-bond acceptors (Lipinski definition) is 5. The molecule has 0 heterocycles. The van der Waals surface area contributed by atoms with Crippen molar-refractivity contribution in [2.24, 2.45) is 0 Å². The molecule has 0 saturated carbocycles. The van der Waals surface area contributed by atoms with Gasteiger partial charge in [-0.05, 0) is 55.7 Å². The summed E-state index contributed by atoms with van der Waals surface area (Å²) in [5.74, 6) is -0.568. The Hall–Kier alpha value is -3.05. The molecule has 3 rings (SSSR count). The maximum atomic E-state index is 13.4. The van der Waals surface area contributed by atoms with Gasteiger partial charge in [-0.3, -0.25) is 4.79 Å². The summed E-state index contributed by atoms with van der Waals surface area (Å²) in [7, 11) is -4.81. The van der Waals surface area contributed by atoms with Gasteiger partial charge in [0.15, 0.2) is 0 Å². The highest BCUT2D eigenvalue weighted by molar-refractivity contribution is 7.89. The summed E-state index contributed by atoms with van der Waals surface area (Å²) in [5, 5.41) is 2.69. The predicted octanol–water partition coefficient (Wildman–Crippen LogP) is 3.43. The first-order chi connectivity index (χ1) is 16.9. The molecule has 0 atom stereocenters. The fraction of sp³-hybridized carbons (Fsp3) is 0.269. The van der Waals surface area contributed by atoms with E-state index in [1.807, 2.05) is 37.3 Å². The molecule has 0 aromatic heterocycles. The molecule has 1 N–H and O–H groups in total. The summed E-state index contributed by atoms with van der Waals surface area (Å²) in [6.45, 7) is 3.27. The highest BCUT2D eigenvalue weighted by Crippen LogP contribution is 2.23. The highest BCUT2D eigenvalue weighted by atomic mass is 32.2. The minimum atomic E-state index is -3.96. The van der Waals surface area contributed by atoms with E-state index in [-0.39, 0.29) is 16.3 Å². The van der Waals surface area contributed by atoms with Crippen LogP contribution in [-0.4, -0.2) is 58.5 Å². The second-order valence-corrected chi connectivity index (χ2v) is 12.8. The first kappa shape index (κ1) is 27.5. The van der Waals surface area contributed by atoms with Crippen LogP contribution < -0.4 is 5.32 Å². The normalized spacial score (nSPS) is 12.2. The van der Waals surface area contributed by atoms with Gasteiger partial charge in [-0.25, -0.2) is 21.1 Å². The van der Waals surface area contributed by atoms with E-state index in [0.29, 0.717) is 17.7 Å². The van der Waals surface area contributed by atoms with Crippen molar-refractivity contribution in [2.45, 2.75) is 30.1 Å². The van der Waals surface area contributed by atoms with Crippen molar-refractivity contribution in [1.82, 2.24) is 8.61 Å². The number of rotatable bonds is 10. The molecular formula is C26H31N3O5S2. The number of nitrogens with zero attached hydrogens (tertiary/aromatic N) is 2. The number of benzene rings is 3. The largest absolute Gasteiger partial charge is 0.325 e. The second kappa shape index (κ2) is 11.3. The summed E-state index contributed by atoms with van der Waals surface area (Å²) >= 11 is 0. The van der Waals surface area contributed by atoms with Crippen molar-refractivity contribution in [2.75, 3.05) is 32.5 Å². The molecule has 0 aliphatic carbocycles. The molecule has 0 fully saturated rings. The van der Waals surface area contributed by atoms with Crippen LogP contribution in [0.4, 0.5) is 5.69 Å². The van der Waals surface area contributed by atoms with Gasteiger partial charge in [-0.2, -0.15) is 4.31 Å². The molecule has 1 amide bonds. The zero-order chi connectivity index (χ0) is 26.5. The molecule has 3 aromatic rings. The molecule has 0 bridgehead atoms. The van der Waals surface area contributed by atoms with E-state index in [1.165, 1.54) is 38.4 Å². The van der Waals surface area contributed by atoms with Crippen LogP contribution in [0.5, 0.6) is 0 Å². The van der Waals surface area contributed by atoms with Crippen molar-refractivity contribution >= 4 is 31.6 Å². The number of nitrogens with one attached hydrogen (secondary N) is 1. The Bertz CT molecular complexity index is 1420. The van der Waals surface area contributed by atoms with Gasteiger partial charge >= 0.3 is 0 Å². The van der Waals surface area contributed by atoms with Gasteiger partial charge in [0.25, 0.3) is 0 Å². The minimum Gasteiger partial charge on any atom is -0.325 e. The van der Waals surface area contributed by atoms with E-state index in [0.717, 1.165) is 19.7 Å². The zero-order valence-electron chi connectivity index (χ0n) is 20.8. The molecule has 0 spiro atoms. The van der Waals surface area contributed by atoms with Gasteiger partial charge in [0, 0.05) is 26.3 Å². The molecule has 0 aliphatic rings. The average Bonchev–Trinajstić information content (AvgIpc) is 2.83. The first-order valence-corrected chi connectivity index (χ1v) is 14.2. The summed E-state index contributed by atoms with van der Waals surface area (Å²) in [4.78, 5) is 13.2. The van der Waals surface area contributed by atoms with Crippen molar-refractivity contribution in [3.8, 4) is 0 Å². The van der Waals surface area contributed by atoms with Crippen LogP contribution in [0, 0.1) is 13.8 Å². The molecule has 10 heteroatoms. The topological polar surface area (TPSA) is 104 Å². The van der Waals surface area contributed by atoms with Gasteiger partial charge in [-0.1, -0.05) is 54.1 Å². The lowest BCUT2D eigenvalue weighted by molar-refractivity contribution is -0.116. The molecular weight excluding hydrogens is 498 g/mol. The highest BCUT2D eigenvalue weighted by Gasteiger charge is 2.27. The van der Waals surface area contributed by atoms with Crippen LogP contribution >= 0.6 is 0 Å². The molecule has 0 saturated heterocycles. The van der Waals surface area contributed by atoms with E-state index in [2.05, 4.69) is 5.32 Å². The third-order valence-corrected chi connectivity index (χ3v) is 9.40. The summed E-state index contributed by atoms with van der Waals surface area (Å²) in [6, 6.07) is 20.3. The minimum absolute atomic E-state index is 0.0293. The molecule has 0 radical (unpaired) electrons. The number of hydrogen-bond donors (Lipinski definition) is 1. The molecule has 8 nitrogen and oxygen atoms in total. The molecule has 192 valence electrons. The molecule has 36 heavy (non-hydrogen) atoms. The van der Waals surface area contributed by atoms with E-state index in [4.69, 9.17) is 0 Å². The lowest BCUT2D eigenvalue weighted by atomic mass is 10.1. The Morgan fingerprint density at radius 1 is 0.806 bits per heavy atom. The van der Waals surface area contributed by atoms with Crippen LogP contribution in [0.2, 0.25) is 0 Å². The lowest BCUT2D eigenvalue weighted by Crippen LogP contribution is -2.39. The van der Waals surface area contributed by atoms with Gasteiger partial charge < -0.3 is 5.32 Å². The smallest absolute Gasteiger partial charge is 0.243 e. The Balaban J connectivity index is 1.87. The summed E-state index contributed by atoms with van der Waals surface area (Å²) in [5.41, 5.74) is 2.82. The van der Waals surface area contributed by atoms with Gasteiger partial charge in [0.05, 0.1) is 16.3 Å². The number of carbonyl (C=O) groups is 1. The Morgan fingerprint density at radius 3 is 2.03 bits per heavy atom. The fourth-order valence-corrected chi connectivity index (χ4v) is 5.82. The third kappa shape index (κ3) is 6.58. The van der Waals surface area contributed by atoms with Crippen molar-refractivity contribution in [1.29, 1.82) is 0 Å². The zero-order valence-corrected chi connectivity index (χ0v) is 22.4.